The Balaban J connectivity index is 0.000000294. The third-order valence-corrected chi connectivity index (χ3v) is 11.6. The number of sulfonamides is 1. The second-order valence-electron chi connectivity index (χ2n) is 15.3. The summed E-state index contributed by atoms with van der Waals surface area (Å²) in [4.78, 5) is 57.4. The highest BCUT2D eigenvalue weighted by atomic mass is 32.2. The lowest BCUT2D eigenvalue weighted by Gasteiger charge is -2.34. The average molecular weight is 759 g/mol. The summed E-state index contributed by atoms with van der Waals surface area (Å²) in [6.45, 7) is 14.9. The number of amides is 3. The van der Waals surface area contributed by atoms with E-state index >= 15 is 0 Å². The Morgan fingerprint density at radius 2 is 1.60 bits per heavy atom. The molecule has 14 heteroatoms. The summed E-state index contributed by atoms with van der Waals surface area (Å²) in [5.41, 5.74) is 9.23. The molecule has 3 unspecified atom stereocenters. The zero-order valence-electron chi connectivity index (χ0n) is 32.1. The highest BCUT2D eigenvalue weighted by molar-refractivity contribution is 7.90. The number of nitrogens with zero attached hydrogens (tertiary/aromatic N) is 2. The van der Waals surface area contributed by atoms with Crippen molar-refractivity contribution in [3.8, 4) is 0 Å². The first-order chi connectivity index (χ1) is 24.8. The normalized spacial score (nSPS) is 21.3. The molecule has 0 spiro atoms. The van der Waals surface area contributed by atoms with E-state index in [1.165, 1.54) is 16.7 Å². The third-order valence-electron chi connectivity index (χ3n) is 9.79. The van der Waals surface area contributed by atoms with Crippen molar-refractivity contribution < 1.29 is 42.6 Å². The summed E-state index contributed by atoms with van der Waals surface area (Å²) in [7, 11) is -1.39. The smallest absolute Gasteiger partial charge is 0.335 e. The second-order valence-corrected chi connectivity index (χ2v) is 17.3. The third kappa shape index (κ3) is 13.0. The fourth-order valence-electron chi connectivity index (χ4n) is 6.99. The first-order valence-electron chi connectivity index (χ1n) is 18.0. The Labute approximate surface area is 314 Å². The Morgan fingerprint density at radius 1 is 1.02 bits per heavy atom. The standard InChI is InChI=1S/C19H32N2O4S.C10H13N.C8H8O2.CH3NO.CH2O2/c1-5-13-11-19(13,17(23)20-26(24,25)14-8-9-14)15-7-6-10-21(15)16(22)12-18(2,3)4;1-8-4-3-5-9-6-11(2)7-10(8)9;1-6-2-4-7(5-3-6)8(9)10;2*2-1-3/h13-15H,5-12H2,1-4H3,(H,20,23);3-5H,6-7H2,1-2H3;2-5H,1H3,(H,9,10);1H,(H2,2,3);1H,(H,2,3). The fraction of sp³-hybridized carbons (Fsp3) is 0.564. The number of carboxylic acids is 1. The first kappa shape index (κ1) is 44.9. The number of nitrogens with one attached hydrogen (secondary N) is 1. The zero-order valence-corrected chi connectivity index (χ0v) is 32.9. The summed E-state index contributed by atoms with van der Waals surface area (Å²) >= 11 is 0. The van der Waals surface area contributed by atoms with Crippen LogP contribution in [0.2, 0.25) is 0 Å². The number of carbonyl (C=O) groups is 5. The van der Waals surface area contributed by atoms with Gasteiger partial charge >= 0.3 is 5.97 Å². The van der Waals surface area contributed by atoms with Crippen LogP contribution in [0, 0.1) is 30.6 Å². The maximum Gasteiger partial charge on any atom is 0.335 e. The van der Waals surface area contributed by atoms with Crippen molar-refractivity contribution in [2.75, 3.05) is 13.6 Å². The van der Waals surface area contributed by atoms with Crippen molar-refractivity contribution in [2.24, 2.45) is 22.5 Å². The molecular weight excluding hydrogens is 701 g/mol. The van der Waals surface area contributed by atoms with Gasteiger partial charge in [0.2, 0.25) is 28.2 Å². The predicted octanol–water partition coefficient (Wildman–Crippen LogP) is 4.87. The van der Waals surface area contributed by atoms with E-state index in [1.54, 1.807) is 24.3 Å². The van der Waals surface area contributed by atoms with E-state index in [4.69, 9.17) is 19.8 Å². The minimum absolute atomic E-state index is 0.0824. The summed E-state index contributed by atoms with van der Waals surface area (Å²) in [6, 6.07) is 13.1. The molecule has 294 valence electrons. The van der Waals surface area contributed by atoms with Crippen LogP contribution >= 0.6 is 0 Å². The summed E-state index contributed by atoms with van der Waals surface area (Å²) in [5, 5.41) is 15.0. The van der Waals surface area contributed by atoms with Crippen LogP contribution in [-0.4, -0.2) is 84.0 Å². The lowest BCUT2D eigenvalue weighted by atomic mass is 9.88. The SMILES string of the molecule is CCC1CC1(C(=O)NS(=O)(=O)C1CC1)C1CCCN1C(=O)CC(C)(C)C.Cc1ccc(C(=O)O)cc1.Cc1cccc2c1CN(C)C2.NC=O.O=CO. The molecule has 3 fully saturated rings. The maximum atomic E-state index is 13.1. The van der Waals surface area contributed by atoms with Gasteiger partial charge in [-0.1, -0.05) is 70.0 Å². The number of rotatable bonds is 7. The van der Waals surface area contributed by atoms with E-state index in [2.05, 4.69) is 47.5 Å². The molecule has 2 aromatic carbocycles. The summed E-state index contributed by atoms with van der Waals surface area (Å²) < 4.78 is 26.9. The van der Waals surface area contributed by atoms with E-state index in [9.17, 15) is 22.8 Å². The molecule has 5 N–H and O–H groups in total. The average Bonchev–Trinajstić information content (AvgIpc) is 3.97. The quantitative estimate of drug-likeness (QED) is 0.282. The molecule has 2 aliphatic heterocycles. The minimum Gasteiger partial charge on any atom is -0.483 e. The lowest BCUT2D eigenvalue weighted by Crippen LogP contribution is -2.50. The molecule has 2 saturated carbocycles. The molecule has 13 nitrogen and oxygen atoms in total. The van der Waals surface area contributed by atoms with Crippen LogP contribution in [0.25, 0.3) is 0 Å². The van der Waals surface area contributed by atoms with Gasteiger partial charge in [0.05, 0.1) is 16.2 Å². The number of carbonyl (C=O) groups excluding carboxylic acids is 3. The van der Waals surface area contributed by atoms with Gasteiger partial charge < -0.3 is 20.8 Å². The lowest BCUT2D eigenvalue weighted by molar-refractivity contribution is -0.138. The molecule has 3 amide bonds. The molecule has 0 aromatic heterocycles. The number of fused-ring (bicyclic) bond motifs is 1. The van der Waals surface area contributed by atoms with E-state index in [0.717, 1.165) is 37.9 Å². The van der Waals surface area contributed by atoms with Gasteiger partial charge in [0, 0.05) is 32.1 Å². The van der Waals surface area contributed by atoms with Crippen molar-refractivity contribution in [2.45, 2.75) is 111 Å². The van der Waals surface area contributed by atoms with Crippen LogP contribution in [-0.2, 0) is 42.3 Å². The van der Waals surface area contributed by atoms with Gasteiger partial charge in [-0.15, -0.1) is 0 Å². The predicted molar refractivity (Wildman–Crippen MR) is 203 cm³/mol. The number of nitrogens with two attached hydrogens (primary N) is 1. The number of hydrogen-bond acceptors (Lipinski definition) is 8. The number of aromatic carboxylic acids is 1. The fourth-order valence-corrected chi connectivity index (χ4v) is 8.36. The first-order valence-corrected chi connectivity index (χ1v) is 19.5. The molecule has 53 heavy (non-hydrogen) atoms. The number of hydrogen-bond donors (Lipinski definition) is 4. The van der Waals surface area contributed by atoms with Crippen molar-refractivity contribution in [1.29, 1.82) is 0 Å². The summed E-state index contributed by atoms with van der Waals surface area (Å²) in [6.07, 6.45) is 5.12. The van der Waals surface area contributed by atoms with Crippen molar-refractivity contribution >= 4 is 40.7 Å². The zero-order chi connectivity index (χ0) is 40.1. The van der Waals surface area contributed by atoms with Gasteiger partial charge in [-0.2, -0.15) is 0 Å². The van der Waals surface area contributed by atoms with Gasteiger partial charge in [-0.3, -0.25) is 28.8 Å². The van der Waals surface area contributed by atoms with E-state index in [-0.39, 0.29) is 42.1 Å². The Hall–Kier alpha value is -4.30. The van der Waals surface area contributed by atoms with Crippen LogP contribution < -0.4 is 10.5 Å². The number of aryl methyl sites for hydroxylation is 2. The Morgan fingerprint density at radius 3 is 2.08 bits per heavy atom. The van der Waals surface area contributed by atoms with Gasteiger partial charge in [-0.05, 0) is 93.2 Å². The molecule has 0 radical (unpaired) electrons. The summed E-state index contributed by atoms with van der Waals surface area (Å²) in [5.74, 6) is -1.01. The van der Waals surface area contributed by atoms with Crippen molar-refractivity contribution in [1.82, 2.24) is 14.5 Å². The van der Waals surface area contributed by atoms with Crippen LogP contribution in [0.5, 0.6) is 0 Å². The highest BCUT2D eigenvalue weighted by Gasteiger charge is 2.66. The van der Waals surface area contributed by atoms with E-state index in [1.807, 2.05) is 39.5 Å². The van der Waals surface area contributed by atoms with Gasteiger partial charge in [0.1, 0.15) is 0 Å². The van der Waals surface area contributed by atoms with Crippen LogP contribution in [0.15, 0.2) is 42.5 Å². The topological polar surface area (TPSA) is 204 Å². The Bertz CT molecular complexity index is 1660. The number of benzene rings is 2. The monoisotopic (exact) mass is 758 g/mol. The van der Waals surface area contributed by atoms with Gasteiger partial charge in [-0.25, -0.2) is 13.2 Å². The number of likely N-dealkylation sites (tertiary alicyclic amines) is 1. The van der Waals surface area contributed by atoms with Crippen molar-refractivity contribution in [3.05, 3.63) is 70.3 Å². The van der Waals surface area contributed by atoms with Crippen LogP contribution in [0.4, 0.5) is 0 Å². The molecule has 2 aromatic rings. The number of carboxylic acid groups (broad SMARTS) is 2. The number of primary amides is 1. The highest BCUT2D eigenvalue weighted by Crippen LogP contribution is 2.60. The van der Waals surface area contributed by atoms with E-state index < -0.39 is 26.7 Å². The molecule has 3 atom stereocenters. The molecule has 2 aliphatic carbocycles. The molecular formula is C39H58N4O9S. The largest absolute Gasteiger partial charge is 0.483 e. The van der Waals surface area contributed by atoms with Gasteiger partial charge in [0.25, 0.3) is 6.47 Å². The van der Waals surface area contributed by atoms with Gasteiger partial charge in [0.15, 0.2) is 0 Å². The van der Waals surface area contributed by atoms with E-state index in [0.29, 0.717) is 37.8 Å². The van der Waals surface area contributed by atoms with Crippen LogP contribution in [0.1, 0.15) is 105 Å². The maximum absolute atomic E-state index is 13.1. The molecule has 6 rings (SSSR count). The minimum atomic E-state index is -3.56. The molecule has 0 bridgehead atoms. The molecule has 4 aliphatic rings. The van der Waals surface area contributed by atoms with Crippen LogP contribution in [0.3, 0.4) is 0 Å². The van der Waals surface area contributed by atoms with Crippen molar-refractivity contribution in [3.63, 3.8) is 0 Å². The second kappa shape index (κ2) is 19.7. The molecule has 2 heterocycles. The Kier molecular flexibility index (Phi) is 16.7. The molecule has 1 saturated heterocycles.